The third-order valence-electron chi connectivity index (χ3n) is 5.40. The molecule has 4 aromatic rings. The summed E-state index contributed by atoms with van der Waals surface area (Å²) in [6, 6.07) is 19.6. The molecule has 31 heavy (non-hydrogen) atoms. The molecule has 1 saturated heterocycles. The molecule has 1 aliphatic heterocycles. The molecule has 0 unspecified atom stereocenters. The summed E-state index contributed by atoms with van der Waals surface area (Å²) in [5.74, 6) is 1.64. The lowest BCUT2D eigenvalue weighted by Crippen LogP contribution is -2.49. The number of piperazine rings is 1. The van der Waals surface area contributed by atoms with Gasteiger partial charge in [0.15, 0.2) is 10.8 Å². The number of carbonyl (C=O) groups excluding carboxylic acids is 1. The monoisotopic (exact) mass is 431 g/mol. The molecule has 0 saturated carbocycles. The minimum Gasteiger partial charge on any atom is -0.497 e. The number of ether oxygens (including phenoxy) is 1. The molecule has 1 fully saturated rings. The maximum Gasteiger partial charge on any atom is 0.282 e. The van der Waals surface area contributed by atoms with Crippen molar-refractivity contribution >= 4 is 33.3 Å². The lowest BCUT2D eigenvalue weighted by molar-refractivity contribution is 0.0746. The Balaban J connectivity index is 1.23. The molecule has 0 N–H and O–H groups in total. The van der Waals surface area contributed by atoms with Crippen molar-refractivity contribution in [2.75, 3.05) is 38.2 Å². The topological polar surface area (TPSA) is 71.5 Å². The first-order valence-corrected chi connectivity index (χ1v) is 10.9. The van der Waals surface area contributed by atoms with Crippen LogP contribution >= 0.6 is 11.3 Å². The summed E-state index contributed by atoms with van der Waals surface area (Å²) >= 11 is 1.45. The van der Waals surface area contributed by atoms with Crippen LogP contribution < -0.4 is 9.64 Å². The van der Waals surface area contributed by atoms with E-state index < -0.39 is 0 Å². The summed E-state index contributed by atoms with van der Waals surface area (Å²) in [6.45, 7) is 2.70. The molecule has 0 aliphatic carbocycles. The van der Waals surface area contributed by atoms with Gasteiger partial charge in [-0.1, -0.05) is 12.1 Å². The Kier molecular flexibility index (Phi) is 5.21. The molecular formula is C23H21N5O2S. The Morgan fingerprint density at radius 2 is 1.71 bits per heavy atom. The SMILES string of the molecule is COc1ccc(-c2ccc(N3CCN(C(=O)c4nc5ccccc5s4)CC3)nn2)cc1. The van der Waals surface area contributed by atoms with E-state index in [1.807, 2.05) is 65.6 Å². The average Bonchev–Trinajstić information content (AvgIpc) is 3.28. The number of nitrogens with zero attached hydrogens (tertiary/aromatic N) is 5. The van der Waals surface area contributed by atoms with Crippen LogP contribution in [-0.2, 0) is 0 Å². The molecule has 2 aromatic heterocycles. The van der Waals surface area contributed by atoms with Crippen LogP contribution in [0.3, 0.4) is 0 Å². The van der Waals surface area contributed by atoms with E-state index >= 15 is 0 Å². The smallest absolute Gasteiger partial charge is 0.282 e. The van der Waals surface area contributed by atoms with Crippen LogP contribution in [0.4, 0.5) is 5.82 Å². The second-order valence-corrected chi connectivity index (χ2v) is 8.30. The van der Waals surface area contributed by atoms with Gasteiger partial charge in [0.2, 0.25) is 0 Å². The van der Waals surface area contributed by atoms with E-state index in [0.29, 0.717) is 31.2 Å². The molecule has 0 atom stereocenters. The summed E-state index contributed by atoms with van der Waals surface area (Å²) in [5, 5.41) is 9.35. The van der Waals surface area contributed by atoms with E-state index in [0.717, 1.165) is 33.0 Å². The Morgan fingerprint density at radius 1 is 0.935 bits per heavy atom. The van der Waals surface area contributed by atoms with Gasteiger partial charge in [-0.05, 0) is 48.5 Å². The van der Waals surface area contributed by atoms with Gasteiger partial charge in [0.05, 0.1) is 23.0 Å². The first kappa shape index (κ1) is 19.4. The number of para-hydroxylation sites is 1. The standard InChI is InChI=1S/C23H21N5O2S/c1-30-17-8-6-16(7-9-17)18-10-11-21(26-25-18)27-12-14-28(15-13-27)23(29)22-24-19-4-2-3-5-20(19)31-22/h2-11H,12-15H2,1H3. The highest BCUT2D eigenvalue weighted by Gasteiger charge is 2.25. The Hall–Kier alpha value is -3.52. The summed E-state index contributed by atoms with van der Waals surface area (Å²) in [4.78, 5) is 21.4. The number of thiazole rings is 1. The number of hydrogen-bond acceptors (Lipinski definition) is 7. The highest BCUT2D eigenvalue weighted by atomic mass is 32.1. The second-order valence-electron chi connectivity index (χ2n) is 7.27. The molecule has 5 rings (SSSR count). The molecule has 1 aliphatic rings. The molecular weight excluding hydrogens is 410 g/mol. The molecule has 1 amide bonds. The van der Waals surface area contributed by atoms with Gasteiger partial charge in [0.1, 0.15) is 5.75 Å². The van der Waals surface area contributed by atoms with Crippen LogP contribution in [0.5, 0.6) is 5.75 Å². The number of benzene rings is 2. The van der Waals surface area contributed by atoms with E-state index in [4.69, 9.17) is 4.74 Å². The third kappa shape index (κ3) is 3.94. The first-order valence-electron chi connectivity index (χ1n) is 10.1. The predicted molar refractivity (Wildman–Crippen MR) is 122 cm³/mol. The maximum absolute atomic E-state index is 12.9. The molecule has 0 spiro atoms. The van der Waals surface area contributed by atoms with E-state index in [2.05, 4.69) is 20.1 Å². The second kappa shape index (κ2) is 8.31. The van der Waals surface area contributed by atoms with Crippen LogP contribution in [0.25, 0.3) is 21.5 Å². The van der Waals surface area contributed by atoms with Crippen molar-refractivity contribution in [2.45, 2.75) is 0 Å². The normalized spacial score (nSPS) is 14.1. The lowest BCUT2D eigenvalue weighted by Gasteiger charge is -2.34. The number of carbonyl (C=O) groups is 1. The molecule has 156 valence electrons. The van der Waals surface area contributed by atoms with Crippen molar-refractivity contribution in [2.24, 2.45) is 0 Å². The fraction of sp³-hybridized carbons (Fsp3) is 0.217. The zero-order valence-electron chi connectivity index (χ0n) is 17.1. The van der Waals surface area contributed by atoms with Crippen molar-refractivity contribution in [3.63, 3.8) is 0 Å². The van der Waals surface area contributed by atoms with Gasteiger partial charge < -0.3 is 14.5 Å². The Bertz CT molecular complexity index is 1170. The van der Waals surface area contributed by atoms with Gasteiger partial charge in [0, 0.05) is 31.7 Å². The van der Waals surface area contributed by atoms with Gasteiger partial charge in [-0.25, -0.2) is 4.98 Å². The first-order chi connectivity index (χ1) is 15.2. The van der Waals surface area contributed by atoms with Crippen molar-refractivity contribution in [1.82, 2.24) is 20.1 Å². The molecule has 8 heteroatoms. The summed E-state index contributed by atoms with van der Waals surface area (Å²) in [6.07, 6.45) is 0. The van der Waals surface area contributed by atoms with E-state index in [-0.39, 0.29) is 5.91 Å². The number of aromatic nitrogens is 3. The van der Waals surface area contributed by atoms with Crippen LogP contribution in [-0.4, -0.2) is 59.3 Å². The van der Waals surface area contributed by atoms with Crippen LogP contribution in [0, 0.1) is 0 Å². The van der Waals surface area contributed by atoms with E-state index in [9.17, 15) is 4.79 Å². The highest BCUT2D eigenvalue weighted by Crippen LogP contribution is 2.24. The zero-order valence-corrected chi connectivity index (χ0v) is 17.9. The van der Waals surface area contributed by atoms with Crippen molar-refractivity contribution in [3.05, 3.63) is 65.7 Å². The van der Waals surface area contributed by atoms with Gasteiger partial charge in [-0.15, -0.1) is 21.5 Å². The summed E-state index contributed by atoms with van der Waals surface area (Å²) in [7, 11) is 1.65. The number of rotatable bonds is 4. The number of fused-ring (bicyclic) bond motifs is 1. The Labute approximate surface area is 183 Å². The van der Waals surface area contributed by atoms with Gasteiger partial charge in [-0.2, -0.15) is 0 Å². The van der Waals surface area contributed by atoms with E-state index in [1.54, 1.807) is 7.11 Å². The number of methoxy groups -OCH3 is 1. The van der Waals surface area contributed by atoms with Crippen LogP contribution in [0.15, 0.2) is 60.7 Å². The van der Waals surface area contributed by atoms with Crippen molar-refractivity contribution < 1.29 is 9.53 Å². The average molecular weight is 432 g/mol. The Morgan fingerprint density at radius 3 is 2.39 bits per heavy atom. The van der Waals surface area contributed by atoms with Crippen LogP contribution in [0.1, 0.15) is 9.80 Å². The lowest BCUT2D eigenvalue weighted by atomic mass is 10.1. The fourth-order valence-corrected chi connectivity index (χ4v) is 4.58. The minimum atomic E-state index is 0.00166. The molecule has 3 heterocycles. The summed E-state index contributed by atoms with van der Waals surface area (Å²) in [5.41, 5.74) is 2.68. The van der Waals surface area contributed by atoms with Crippen molar-refractivity contribution in [1.29, 1.82) is 0 Å². The molecule has 0 bridgehead atoms. The number of amides is 1. The minimum absolute atomic E-state index is 0.00166. The maximum atomic E-state index is 12.9. The van der Waals surface area contributed by atoms with Gasteiger partial charge in [0.25, 0.3) is 5.91 Å². The quantitative estimate of drug-likeness (QED) is 0.490. The third-order valence-corrected chi connectivity index (χ3v) is 6.43. The molecule has 2 aromatic carbocycles. The predicted octanol–water partition coefficient (Wildman–Crippen LogP) is 3.72. The largest absolute Gasteiger partial charge is 0.497 e. The highest BCUT2D eigenvalue weighted by molar-refractivity contribution is 7.20. The van der Waals surface area contributed by atoms with E-state index in [1.165, 1.54) is 11.3 Å². The van der Waals surface area contributed by atoms with Gasteiger partial charge in [-0.3, -0.25) is 4.79 Å². The van der Waals surface area contributed by atoms with Gasteiger partial charge >= 0.3 is 0 Å². The van der Waals surface area contributed by atoms with Crippen molar-refractivity contribution in [3.8, 4) is 17.0 Å². The zero-order chi connectivity index (χ0) is 21.2. The molecule has 7 nitrogen and oxygen atoms in total. The molecule has 0 radical (unpaired) electrons. The number of hydrogen-bond donors (Lipinski definition) is 0. The fourth-order valence-electron chi connectivity index (χ4n) is 3.65. The number of anilines is 1. The summed E-state index contributed by atoms with van der Waals surface area (Å²) < 4.78 is 6.24. The van der Waals surface area contributed by atoms with Crippen LogP contribution in [0.2, 0.25) is 0 Å².